The van der Waals surface area contributed by atoms with E-state index in [0.29, 0.717) is 22.8 Å². The Morgan fingerprint density at radius 1 is 1.09 bits per heavy atom. The lowest BCUT2D eigenvalue weighted by Gasteiger charge is -2.19. The predicted molar refractivity (Wildman–Crippen MR) is 96.2 cm³/mol. The molecule has 2 aromatic rings. The van der Waals surface area contributed by atoms with E-state index in [0.717, 1.165) is 0 Å². The molecule has 4 heteroatoms. The van der Waals surface area contributed by atoms with Gasteiger partial charge in [-0.1, -0.05) is 39.0 Å². The molecule has 0 aliphatic carbocycles. The number of carbonyl (C=O) groups excluding carboxylic acids is 1. The number of aliphatic imine (C=N–C) groups is 1. The molecule has 4 nitrogen and oxygen atoms in total. The van der Waals surface area contributed by atoms with Gasteiger partial charge >= 0.3 is 0 Å². The maximum atomic E-state index is 12.3. The van der Waals surface area contributed by atoms with Crippen LogP contribution < -0.4 is 11.1 Å². The number of hydrogen-bond donors (Lipinski definition) is 2. The van der Waals surface area contributed by atoms with E-state index in [2.05, 4.69) is 31.1 Å². The molecular weight excluding hydrogens is 286 g/mol. The van der Waals surface area contributed by atoms with Crippen molar-refractivity contribution in [2.24, 2.45) is 4.99 Å². The number of carbonyl (C=O) groups is 1. The number of benzene rings is 2. The van der Waals surface area contributed by atoms with Gasteiger partial charge in [-0.05, 0) is 48.2 Å². The van der Waals surface area contributed by atoms with Crippen molar-refractivity contribution in [1.82, 2.24) is 5.32 Å². The Morgan fingerprint density at radius 2 is 1.74 bits per heavy atom. The molecule has 2 rings (SSSR count). The first kappa shape index (κ1) is 16.7. The Bertz CT molecular complexity index is 725. The summed E-state index contributed by atoms with van der Waals surface area (Å²) < 4.78 is 0. The van der Waals surface area contributed by atoms with Crippen LogP contribution >= 0.6 is 0 Å². The molecule has 0 heterocycles. The third-order valence-corrected chi connectivity index (χ3v) is 3.47. The zero-order chi connectivity index (χ0) is 17.0. The highest BCUT2D eigenvalue weighted by Crippen LogP contribution is 2.22. The lowest BCUT2D eigenvalue weighted by atomic mass is 9.87. The monoisotopic (exact) mass is 309 g/mol. The average Bonchev–Trinajstić information content (AvgIpc) is 2.46. The largest absolute Gasteiger partial charge is 0.399 e. The highest BCUT2D eigenvalue weighted by atomic mass is 16.1. The van der Waals surface area contributed by atoms with Crippen molar-refractivity contribution in [1.29, 1.82) is 0 Å². The van der Waals surface area contributed by atoms with Crippen molar-refractivity contribution in [3.63, 3.8) is 0 Å². The first-order chi connectivity index (χ1) is 10.8. The normalized spacial score (nSPS) is 12.1. The van der Waals surface area contributed by atoms with E-state index in [9.17, 15) is 4.79 Å². The molecule has 2 aromatic carbocycles. The topological polar surface area (TPSA) is 67.5 Å². The number of nitrogens with zero attached hydrogens (tertiary/aromatic N) is 1. The van der Waals surface area contributed by atoms with E-state index in [1.54, 1.807) is 19.1 Å². The van der Waals surface area contributed by atoms with Gasteiger partial charge in [-0.3, -0.25) is 4.79 Å². The average molecular weight is 309 g/mol. The first-order valence-electron chi connectivity index (χ1n) is 7.58. The van der Waals surface area contributed by atoms with Gasteiger partial charge in [-0.15, -0.1) is 0 Å². The third kappa shape index (κ3) is 4.68. The first-order valence-corrected chi connectivity index (χ1v) is 7.58. The molecule has 0 bridgehead atoms. The summed E-state index contributed by atoms with van der Waals surface area (Å²) in [5, 5.41) is 2.79. The molecule has 23 heavy (non-hydrogen) atoms. The van der Waals surface area contributed by atoms with Crippen LogP contribution in [0.25, 0.3) is 0 Å². The van der Waals surface area contributed by atoms with E-state index < -0.39 is 0 Å². The quantitative estimate of drug-likeness (QED) is 0.499. The van der Waals surface area contributed by atoms with Crippen LogP contribution in [0.1, 0.15) is 43.6 Å². The lowest BCUT2D eigenvalue weighted by Crippen LogP contribution is -2.28. The van der Waals surface area contributed by atoms with Gasteiger partial charge in [0.05, 0.1) is 5.69 Å². The van der Waals surface area contributed by atoms with Gasteiger partial charge in [0, 0.05) is 11.3 Å². The second kappa shape index (κ2) is 6.65. The van der Waals surface area contributed by atoms with Crippen LogP contribution in [0.3, 0.4) is 0 Å². The Balaban J connectivity index is 2.09. The SMILES string of the molecule is CC(=Nc1cccc(N)c1)NC(=O)c1ccc(C(C)(C)C)cc1. The number of rotatable bonds is 2. The second-order valence-electron chi connectivity index (χ2n) is 6.57. The van der Waals surface area contributed by atoms with Crippen LogP contribution in [0, 0.1) is 0 Å². The van der Waals surface area contributed by atoms with E-state index in [4.69, 9.17) is 5.73 Å². The molecule has 0 aliphatic heterocycles. The summed E-state index contributed by atoms with van der Waals surface area (Å²) in [5.74, 6) is 0.358. The van der Waals surface area contributed by atoms with Crippen molar-refractivity contribution in [2.75, 3.05) is 5.73 Å². The molecule has 120 valence electrons. The van der Waals surface area contributed by atoms with Crippen LogP contribution in [-0.4, -0.2) is 11.7 Å². The van der Waals surface area contributed by atoms with Gasteiger partial charge < -0.3 is 11.1 Å². The molecule has 0 aliphatic rings. The summed E-state index contributed by atoms with van der Waals surface area (Å²) >= 11 is 0. The van der Waals surface area contributed by atoms with Gasteiger partial charge in [-0.25, -0.2) is 4.99 Å². The molecule has 0 spiro atoms. The summed E-state index contributed by atoms with van der Waals surface area (Å²) in [4.78, 5) is 16.6. The molecule has 3 N–H and O–H groups in total. The molecule has 0 saturated heterocycles. The van der Waals surface area contributed by atoms with Gasteiger partial charge in [0.15, 0.2) is 0 Å². The third-order valence-electron chi connectivity index (χ3n) is 3.47. The summed E-state index contributed by atoms with van der Waals surface area (Å²) in [5.41, 5.74) is 8.95. The summed E-state index contributed by atoms with van der Waals surface area (Å²) in [6.07, 6.45) is 0. The van der Waals surface area contributed by atoms with E-state index in [-0.39, 0.29) is 11.3 Å². The molecular formula is C19H23N3O. The standard InChI is InChI=1S/C19H23N3O/c1-13(21-17-7-5-6-16(20)12-17)22-18(23)14-8-10-15(11-9-14)19(2,3)4/h5-12H,20H2,1-4H3,(H,21,22,23). The maximum Gasteiger partial charge on any atom is 0.256 e. The summed E-state index contributed by atoms with van der Waals surface area (Å²) in [7, 11) is 0. The lowest BCUT2D eigenvalue weighted by molar-refractivity contribution is 0.0977. The highest BCUT2D eigenvalue weighted by Gasteiger charge is 2.14. The minimum atomic E-state index is -0.171. The summed E-state index contributed by atoms with van der Waals surface area (Å²) in [6.45, 7) is 8.18. The molecule has 0 unspecified atom stereocenters. The van der Waals surface area contributed by atoms with Crippen molar-refractivity contribution in [3.05, 3.63) is 59.7 Å². The Kier molecular flexibility index (Phi) is 4.84. The number of nitrogen functional groups attached to an aromatic ring is 1. The van der Waals surface area contributed by atoms with Crippen LogP contribution in [0.4, 0.5) is 11.4 Å². The fourth-order valence-corrected chi connectivity index (χ4v) is 2.17. The van der Waals surface area contributed by atoms with Crippen molar-refractivity contribution in [3.8, 4) is 0 Å². The minimum Gasteiger partial charge on any atom is -0.399 e. The van der Waals surface area contributed by atoms with Crippen LogP contribution in [0.2, 0.25) is 0 Å². The zero-order valence-electron chi connectivity index (χ0n) is 14.1. The van der Waals surface area contributed by atoms with E-state index in [1.165, 1.54) is 5.56 Å². The Morgan fingerprint density at radius 3 is 2.30 bits per heavy atom. The highest BCUT2D eigenvalue weighted by molar-refractivity contribution is 6.06. The van der Waals surface area contributed by atoms with Gasteiger partial charge in [0.2, 0.25) is 0 Å². The van der Waals surface area contributed by atoms with E-state index in [1.807, 2.05) is 36.4 Å². The van der Waals surface area contributed by atoms with Crippen molar-refractivity contribution >= 4 is 23.1 Å². The molecule has 0 radical (unpaired) electrons. The Labute approximate surface area is 137 Å². The second-order valence-corrected chi connectivity index (χ2v) is 6.57. The molecule has 1 amide bonds. The summed E-state index contributed by atoms with van der Waals surface area (Å²) in [6, 6.07) is 14.9. The number of nitrogens with two attached hydrogens (primary N) is 1. The smallest absolute Gasteiger partial charge is 0.256 e. The van der Waals surface area contributed by atoms with Gasteiger partial charge in [-0.2, -0.15) is 0 Å². The minimum absolute atomic E-state index is 0.0691. The Hall–Kier alpha value is -2.62. The molecule has 0 atom stereocenters. The zero-order valence-corrected chi connectivity index (χ0v) is 14.1. The number of amides is 1. The fourth-order valence-electron chi connectivity index (χ4n) is 2.17. The van der Waals surface area contributed by atoms with Crippen LogP contribution in [0.15, 0.2) is 53.5 Å². The van der Waals surface area contributed by atoms with Crippen LogP contribution in [-0.2, 0) is 5.41 Å². The van der Waals surface area contributed by atoms with Crippen LogP contribution in [0.5, 0.6) is 0 Å². The predicted octanol–water partition coefficient (Wildman–Crippen LogP) is 4.05. The molecule has 0 aromatic heterocycles. The number of hydrogen-bond acceptors (Lipinski definition) is 3. The number of amidine groups is 1. The molecule has 0 saturated carbocycles. The number of nitrogens with one attached hydrogen (secondary N) is 1. The van der Waals surface area contributed by atoms with Crippen molar-refractivity contribution < 1.29 is 4.79 Å². The van der Waals surface area contributed by atoms with E-state index >= 15 is 0 Å². The molecule has 0 fully saturated rings. The van der Waals surface area contributed by atoms with Gasteiger partial charge in [0.1, 0.15) is 5.84 Å². The maximum absolute atomic E-state index is 12.3. The van der Waals surface area contributed by atoms with Gasteiger partial charge in [0.25, 0.3) is 5.91 Å². The van der Waals surface area contributed by atoms with Crippen molar-refractivity contribution in [2.45, 2.75) is 33.1 Å². The number of anilines is 1. The fraction of sp³-hybridized carbons (Fsp3) is 0.263.